The first-order chi connectivity index (χ1) is 8.97. The van der Waals surface area contributed by atoms with Crippen LogP contribution in [0.4, 0.5) is 16.0 Å². The zero-order chi connectivity index (χ0) is 14.0. The van der Waals surface area contributed by atoms with E-state index in [1.54, 1.807) is 6.92 Å². The molecule has 0 spiro atoms. The number of aryl methyl sites for hydroxylation is 1. The summed E-state index contributed by atoms with van der Waals surface area (Å²) in [4.78, 5) is 18.6. The Balaban J connectivity index is 2.31. The Morgan fingerprint density at radius 1 is 1.47 bits per heavy atom. The molecule has 5 nitrogen and oxygen atoms in total. The first-order valence-electron chi connectivity index (χ1n) is 5.26. The summed E-state index contributed by atoms with van der Waals surface area (Å²) < 4.78 is 13.1. The third kappa shape index (κ3) is 2.97. The van der Waals surface area contributed by atoms with Crippen LogP contribution in [-0.4, -0.2) is 21.0 Å². The maximum atomic E-state index is 13.1. The lowest BCUT2D eigenvalue weighted by Gasteiger charge is -2.08. The Morgan fingerprint density at radius 2 is 2.21 bits per heavy atom. The number of halogens is 2. The molecule has 19 heavy (non-hydrogen) atoms. The average Bonchev–Trinajstić information content (AvgIpc) is 2.33. The Hall–Kier alpha value is -2.21. The molecular weight excluding hydrogens is 273 g/mol. The van der Waals surface area contributed by atoms with Crippen LogP contribution in [0.25, 0.3) is 0 Å². The van der Waals surface area contributed by atoms with Gasteiger partial charge < -0.3 is 10.4 Å². The van der Waals surface area contributed by atoms with E-state index in [4.69, 9.17) is 16.7 Å². The van der Waals surface area contributed by atoms with Crippen molar-refractivity contribution in [1.29, 1.82) is 0 Å². The molecule has 2 rings (SSSR count). The molecule has 0 radical (unpaired) electrons. The molecular formula is C12H9ClFN3O2. The van der Waals surface area contributed by atoms with Crippen LogP contribution in [0.5, 0.6) is 0 Å². The Labute approximate surface area is 113 Å². The molecule has 0 bridgehead atoms. The van der Waals surface area contributed by atoms with Crippen LogP contribution in [0.3, 0.4) is 0 Å². The number of carbonyl (C=O) groups is 1. The second-order valence-electron chi connectivity index (χ2n) is 3.75. The van der Waals surface area contributed by atoms with Gasteiger partial charge in [0.15, 0.2) is 0 Å². The van der Waals surface area contributed by atoms with Crippen LogP contribution < -0.4 is 5.32 Å². The van der Waals surface area contributed by atoms with Crippen LogP contribution in [-0.2, 0) is 0 Å². The molecule has 0 saturated carbocycles. The van der Waals surface area contributed by atoms with E-state index in [-0.39, 0.29) is 11.5 Å². The number of aromatic carboxylic acids is 1. The fraction of sp³-hybridized carbons (Fsp3) is 0.0833. The summed E-state index contributed by atoms with van der Waals surface area (Å²) in [5.74, 6) is -1.41. The van der Waals surface area contributed by atoms with Crippen molar-refractivity contribution < 1.29 is 14.3 Å². The predicted octanol–water partition coefficient (Wildman–Crippen LogP) is 3.02. The van der Waals surface area contributed by atoms with E-state index in [9.17, 15) is 9.18 Å². The highest BCUT2D eigenvalue weighted by Gasteiger charge is 2.11. The summed E-state index contributed by atoms with van der Waals surface area (Å²) in [5, 5.41) is 11.9. The van der Waals surface area contributed by atoms with Crippen molar-refractivity contribution in [3.63, 3.8) is 0 Å². The van der Waals surface area contributed by atoms with Gasteiger partial charge in [0.2, 0.25) is 5.95 Å². The summed E-state index contributed by atoms with van der Waals surface area (Å²) >= 11 is 5.89. The zero-order valence-corrected chi connectivity index (χ0v) is 10.6. The lowest BCUT2D eigenvalue weighted by atomic mass is 10.2. The second kappa shape index (κ2) is 5.19. The largest absolute Gasteiger partial charge is 0.478 e. The highest BCUT2D eigenvalue weighted by atomic mass is 35.5. The van der Waals surface area contributed by atoms with Crippen molar-refractivity contribution >= 4 is 29.2 Å². The minimum Gasteiger partial charge on any atom is -0.478 e. The monoisotopic (exact) mass is 281 g/mol. The average molecular weight is 282 g/mol. The molecule has 0 amide bonds. The van der Waals surface area contributed by atoms with E-state index in [0.29, 0.717) is 16.4 Å². The molecule has 98 valence electrons. The molecule has 2 N–H and O–H groups in total. The third-order valence-corrected chi connectivity index (χ3v) is 2.71. The van der Waals surface area contributed by atoms with Crippen molar-refractivity contribution in [1.82, 2.24) is 9.97 Å². The van der Waals surface area contributed by atoms with Gasteiger partial charge >= 0.3 is 5.97 Å². The topological polar surface area (TPSA) is 75.1 Å². The number of benzene rings is 1. The number of anilines is 2. The number of carboxylic acid groups (broad SMARTS) is 1. The molecule has 0 aliphatic carbocycles. The highest BCUT2D eigenvalue weighted by molar-refractivity contribution is 6.33. The van der Waals surface area contributed by atoms with Crippen molar-refractivity contribution in [3.05, 3.63) is 46.5 Å². The SMILES string of the molecule is Cc1nc(Nc2cc(F)ccc2Cl)ncc1C(=O)O. The van der Waals surface area contributed by atoms with Crippen LogP contribution in [0, 0.1) is 12.7 Å². The predicted molar refractivity (Wildman–Crippen MR) is 68.4 cm³/mol. The standard InChI is InChI=1S/C12H9ClFN3O2/c1-6-8(11(18)19)5-15-12(16-6)17-10-4-7(14)2-3-9(10)13/h2-5H,1H3,(H,18,19)(H,15,16,17). The van der Waals surface area contributed by atoms with Gasteiger partial charge in [0.1, 0.15) is 5.82 Å². The Bertz CT molecular complexity index is 649. The number of carboxylic acids is 1. The summed E-state index contributed by atoms with van der Waals surface area (Å²) in [5.41, 5.74) is 0.623. The number of hydrogen-bond acceptors (Lipinski definition) is 4. The molecule has 0 fully saturated rings. The smallest absolute Gasteiger partial charge is 0.339 e. The molecule has 0 atom stereocenters. The van der Waals surface area contributed by atoms with Gasteiger partial charge in [-0.1, -0.05) is 11.6 Å². The van der Waals surface area contributed by atoms with E-state index < -0.39 is 11.8 Å². The quantitative estimate of drug-likeness (QED) is 0.904. The van der Waals surface area contributed by atoms with Gasteiger partial charge in [0.05, 0.1) is 22.0 Å². The lowest BCUT2D eigenvalue weighted by molar-refractivity contribution is 0.0695. The van der Waals surface area contributed by atoms with Gasteiger partial charge in [-0.2, -0.15) is 0 Å². The zero-order valence-electron chi connectivity index (χ0n) is 9.82. The number of hydrogen-bond donors (Lipinski definition) is 2. The van der Waals surface area contributed by atoms with Crippen molar-refractivity contribution in [2.75, 3.05) is 5.32 Å². The number of aromatic nitrogens is 2. The molecule has 0 aliphatic rings. The van der Waals surface area contributed by atoms with E-state index in [1.165, 1.54) is 24.4 Å². The number of rotatable bonds is 3. The summed E-state index contributed by atoms with van der Waals surface area (Å²) in [6.07, 6.45) is 1.18. The minimum absolute atomic E-state index is 0.0101. The Kier molecular flexibility index (Phi) is 3.62. The van der Waals surface area contributed by atoms with Crippen molar-refractivity contribution in [2.24, 2.45) is 0 Å². The summed E-state index contributed by atoms with van der Waals surface area (Å²) in [7, 11) is 0. The molecule has 7 heteroatoms. The van der Waals surface area contributed by atoms with Crippen LogP contribution in [0.2, 0.25) is 5.02 Å². The van der Waals surface area contributed by atoms with E-state index in [1.807, 2.05) is 0 Å². The van der Waals surface area contributed by atoms with Gasteiger partial charge in [-0.3, -0.25) is 0 Å². The molecule has 2 aromatic rings. The van der Waals surface area contributed by atoms with Crippen LogP contribution >= 0.6 is 11.6 Å². The first kappa shape index (κ1) is 13.2. The van der Waals surface area contributed by atoms with E-state index in [2.05, 4.69) is 15.3 Å². The fourth-order valence-corrected chi connectivity index (χ4v) is 1.62. The molecule has 1 aromatic heterocycles. The molecule has 1 aromatic carbocycles. The van der Waals surface area contributed by atoms with E-state index in [0.717, 1.165) is 0 Å². The number of nitrogens with zero attached hydrogens (tertiary/aromatic N) is 2. The summed E-state index contributed by atoms with van der Waals surface area (Å²) in [6.45, 7) is 1.55. The molecule has 1 heterocycles. The van der Waals surface area contributed by atoms with Crippen molar-refractivity contribution in [3.8, 4) is 0 Å². The maximum Gasteiger partial charge on any atom is 0.339 e. The molecule has 0 unspecified atom stereocenters. The van der Waals surface area contributed by atoms with E-state index >= 15 is 0 Å². The Morgan fingerprint density at radius 3 is 2.84 bits per heavy atom. The van der Waals surface area contributed by atoms with Gasteiger partial charge in [-0.05, 0) is 25.1 Å². The second-order valence-corrected chi connectivity index (χ2v) is 4.15. The third-order valence-electron chi connectivity index (χ3n) is 2.38. The van der Waals surface area contributed by atoms with Gasteiger partial charge in [0, 0.05) is 6.20 Å². The molecule has 0 saturated heterocycles. The summed E-state index contributed by atoms with van der Waals surface area (Å²) in [6, 6.07) is 3.83. The van der Waals surface area contributed by atoms with Crippen molar-refractivity contribution in [2.45, 2.75) is 6.92 Å². The van der Waals surface area contributed by atoms with Gasteiger partial charge in [-0.15, -0.1) is 0 Å². The first-order valence-corrected chi connectivity index (χ1v) is 5.64. The normalized spacial score (nSPS) is 10.3. The maximum absolute atomic E-state index is 13.1. The lowest BCUT2D eigenvalue weighted by Crippen LogP contribution is -2.06. The minimum atomic E-state index is -1.10. The van der Waals surface area contributed by atoms with Gasteiger partial charge in [0.25, 0.3) is 0 Å². The molecule has 0 aliphatic heterocycles. The highest BCUT2D eigenvalue weighted by Crippen LogP contribution is 2.24. The fourth-order valence-electron chi connectivity index (χ4n) is 1.45. The number of nitrogens with one attached hydrogen (secondary N) is 1. The van der Waals surface area contributed by atoms with Crippen LogP contribution in [0.1, 0.15) is 16.1 Å². The van der Waals surface area contributed by atoms with Crippen LogP contribution in [0.15, 0.2) is 24.4 Å². The van der Waals surface area contributed by atoms with Gasteiger partial charge in [-0.25, -0.2) is 19.2 Å².